The lowest BCUT2D eigenvalue weighted by atomic mass is 10.1. The van der Waals surface area contributed by atoms with E-state index < -0.39 is 11.7 Å². The molecule has 0 unspecified atom stereocenters. The van der Waals surface area contributed by atoms with E-state index in [0.717, 1.165) is 30.7 Å². The minimum atomic E-state index is -4.38. The number of hydrogen-bond acceptors (Lipinski definition) is 2. The summed E-state index contributed by atoms with van der Waals surface area (Å²) in [5, 5.41) is 0. The second kappa shape index (κ2) is 6.27. The average Bonchev–Trinajstić information content (AvgIpc) is 2.43. The molecular weight excluding hydrogens is 365 g/mol. The van der Waals surface area contributed by atoms with Crippen molar-refractivity contribution in [2.24, 2.45) is 0 Å². The Labute approximate surface area is 133 Å². The Kier molecular flexibility index (Phi) is 4.83. The number of nitrogens with zero attached hydrogens (tertiary/aromatic N) is 1. The number of aromatic amines is 1. The molecule has 0 bridgehead atoms. The number of nitrogens with one attached hydrogen (secondary N) is 1. The van der Waals surface area contributed by atoms with Gasteiger partial charge in [0.2, 0.25) is 0 Å². The van der Waals surface area contributed by atoms with Gasteiger partial charge in [0.15, 0.2) is 0 Å². The molecule has 0 aliphatic rings. The molecule has 0 saturated carbocycles. The van der Waals surface area contributed by atoms with Gasteiger partial charge in [-0.3, -0.25) is 0 Å². The number of halogens is 4. The van der Waals surface area contributed by atoms with Crippen molar-refractivity contribution < 1.29 is 13.2 Å². The average molecular weight is 377 g/mol. The molecule has 1 N–H and O–H groups in total. The molecule has 0 radical (unpaired) electrons. The van der Waals surface area contributed by atoms with Gasteiger partial charge in [-0.05, 0) is 34.5 Å². The largest absolute Gasteiger partial charge is 0.416 e. The normalized spacial score (nSPS) is 11.7. The third kappa shape index (κ3) is 3.71. The Balaban J connectivity index is 2.54. The maximum atomic E-state index is 12.8. The van der Waals surface area contributed by atoms with Crippen molar-refractivity contribution in [3.8, 4) is 11.4 Å². The number of alkyl halides is 3. The second-order valence-corrected chi connectivity index (χ2v) is 5.69. The van der Waals surface area contributed by atoms with Crippen LogP contribution in [0, 0.1) is 4.64 Å². The molecule has 2 aromatic rings. The van der Waals surface area contributed by atoms with Crippen molar-refractivity contribution in [2.45, 2.75) is 25.9 Å². The zero-order chi connectivity index (χ0) is 15.6. The van der Waals surface area contributed by atoms with Crippen molar-refractivity contribution in [2.75, 3.05) is 0 Å². The Morgan fingerprint density at radius 1 is 1.33 bits per heavy atom. The third-order valence-electron chi connectivity index (χ3n) is 2.90. The number of H-pyrrole nitrogens is 1. The van der Waals surface area contributed by atoms with Crippen LogP contribution in [0.3, 0.4) is 0 Å². The van der Waals surface area contributed by atoms with Gasteiger partial charge >= 0.3 is 6.18 Å². The summed E-state index contributed by atoms with van der Waals surface area (Å²) < 4.78 is 39.3. The van der Waals surface area contributed by atoms with Gasteiger partial charge in [0.05, 0.1) is 10.0 Å². The van der Waals surface area contributed by atoms with Crippen molar-refractivity contribution in [1.82, 2.24) is 9.97 Å². The molecule has 0 amide bonds. The van der Waals surface area contributed by atoms with E-state index in [0.29, 0.717) is 20.5 Å². The first kappa shape index (κ1) is 16.2. The smallest absolute Gasteiger partial charge is 0.342 e. The van der Waals surface area contributed by atoms with Crippen molar-refractivity contribution in [3.63, 3.8) is 0 Å². The minimum absolute atomic E-state index is 0.338. The van der Waals surface area contributed by atoms with E-state index in [2.05, 4.69) is 25.9 Å². The fraction of sp³-hybridized carbons (Fsp3) is 0.286. The summed E-state index contributed by atoms with van der Waals surface area (Å²) in [6.07, 6.45) is -2.76. The Morgan fingerprint density at radius 3 is 2.67 bits per heavy atom. The number of hydrogen-bond donors (Lipinski definition) is 1. The van der Waals surface area contributed by atoms with Crippen LogP contribution >= 0.6 is 28.1 Å². The Hall–Kier alpha value is -1.21. The number of benzene rings is 1. The fourth-order valence-electron chi connectivity index (χ4n) is 1.91. The molecule has 2 nitrogen and oxygen atoms in total. The maximum Gasteiger partial charge on any atom is 0.416 e. The highest BCUT2D eigenvalue weighted by Gasteiger charge is 2.30. The van der Waals surface area contributed by atoms with Gasteiger partial charge in [-0.25, -0.2) is 4.98 Å². The molecule has 2 rings (SSSR count). The van der Waals surface area contributed by atoms with E-state index in [1.54, 1.807) is 6.07 Å². The molecule has 0 saturated heterocycles. The van der Waals surface area contributed by atoms with Crippen LogP contribution in [0.5, 0.6) is 0 Å². The van der Waals surface area contributed by atoms with Crippen LogP contribution in [0.1, 0.15) is 24.6 Å². The first-order chi connectivity index (χ1) is 9.82. The van der Waals surface area contributed by atoms with Gasteiger partial charge in [-0.15, -0.1) is 0 Å². The van der Waals surface area contributed by atoms with Crippen LogP contribution in [0.25, 0.3) is 11.4 Å². The van der Waals surface area contributed by atoms with Crippen LogP contribution < -0.4 is 0 Å². The molecule has 7 heteroatoms. The first-order valence-corrected chi connectivity index (χ1v) is 7.49. The molecule has 21 heavy (non-hydrogen) atoms. The van der Waals surface area contributed by atoms with Crippen LogP contribution in [-0.2, 0) is 12.6 Å². The summed E-state index contributed by atoms with van der Waals surface area (Å²) in [6, 6.07) is 5.03. The first-order valence-electron chi connectivity index (χ1n) is 6.29. The fourth-order valence-corrected chi connectivity index (χ4v) is 2.51. The Morgan fingerprint density at radius 2 is 2.05 bits per heavy atom. The molecule has 112 valence electrons. The third-order valence-corrected chi connectivity index (χ3v) is 4.31. The molecule has 0 atom stereocenters. The van der Waals surface area contributed by atoms with Gasteiger partial charge in [0, 0.05) is 11.3 Å². The SMILES string of the molecule is CCCc1[nH]c(-c2cccc(C(F)(F)F)c2)nc(=S)c1Br. The molecule has 0 fully saturated rings. The highest BCUT2D eigenvalue weighted by molar-refractivity contribution is 9.10. The predicted octanol–water partition coefficient (Wildman–Crippen LogP) is 5.54. The van der Waals surface area contributed by atoms with Crippen molar-refractivity contribution in [1.29, 1.82) is 0 Å². The second-order valence-electron chi connectivity index (χ2n) is 4.51. The molecule has 1 aromatic heterocycles. The van der Waals surface area contributed by atoms with E-state index in [9.17, 15) is 13.2 Å². The van der Waals surface area contributed by atoms with E-state index in [1.807, 2.05) is 6.92 Å². The number of aryl methyl sites for hydroxylation is 1. The molecular formula is C14H12BrF3N2S. The van der Waals surface area contributed by atoms with Gasteiger partial charge in [-0.1, -0.05) is 37.7 Å². The summed E-state index contributed by atoms with van der Waals surface area (Å²) in [5.41, 5.74) is 0.492. The van der Waals surface area contributed by atoms with Crippen LogP contribution in [0.15, 0.2) is 28.7 Å². The predicted molar refractivity (Wildman–Crippen MR) is 81.6 cm³/mol. The molecule has 1 heterocycles. The summed E-state index contributed by atoms with van der Waals surface area (Å²) in [6.45, 7) is 2.01. The summed E-state index contributed by atoms with van der Waals surface area (Å²) >= 11 is 8.50. The lowest BCUT2D eigenvalue weighted by Crippen LogP contribution is -2.05. The quantitative estimate of drug-likeness (QED) is 0.712. The van der Waals surface area contributed by atoms with E-state index in [-0.39, 0.29) is 0 Å². The standard InChI is InChI=1S/C14H12BrF3N2S/c1-2-4-10-11(15)13(21)20-12(19-10)8-5-3-6-9(7-8)14(16,17)18/h3,5-7H,2,4H2,1H3,(H,19,20,21). The summed E-state index contributed by atoms with van der Waals surface area (Å²) in [5.74, 6) is 0.345. The van der Waals surface area contributed by atoms with Crippen molar-refractivity contribution in [3.05, 3.63) is 44.6 Å². The highest BCUT2D eigenvalue weighted by atomic mass is 79.9. The zero-order valence-electron chi connectivity index (χ0n) is 11.1. The number of rotatable bonds is 3. The molecule has 1 aromatic carbocycles. The van der Waals surface area contributed by atoms with Crippen molar-refractivity contribution >= 4 is 28.1 Å². The van der Waals surface area contributed by atoms with E-state index >= 15 is 0 Å². The number of aromatic nitrogens is 2. The summed E-state index contributed by atoms with van der Waals surface area (Å²) in [7, 11) is 0. The van der Waals surface area contributed by atoms with Crippen LogP contribution in [0.2, 0.25) is 0 Å². The maximum absolute atomic E-state index is 12.8. The van der Waals surface area contributed by atoms with E-state index in [1.165, 1.54) is 6.07 Å². The van der Waals surface area contributed by atoms with Crippen LogP contribution in [0.4, 0.5) is 13.2 Å². The Bertz CT molecular complexity index is 710. The highest BCUT2D eigenvalue weighted by Crippen LogP contribution is 2.31. The lowest BCUT2D eigenvalue weighted by Gasteiger charge is -2.10. The molecule has 0 aliphatic heterocycles. The summed E-state index contributed by atoms with van der Waals surface area (Å²) in [4.78, 5) is 7.21. The topological polar surface area (TPSA) is 28.7 Å². The monoisotopic (exact) mass is 376 g/mol. The van der Waals surface area contributed by atoms with Crippen LogP contribution in [-0.4, -0.2) is 9.97 Å². The lowest BCUT2D eigenvalue weighted by molar-refractivity contribution is -0.137. The molecule has 0 spiro atoms. The van der Waals surface area contributed by atoms with Gasteiger partial charge in [0.25, 0.3) is 0 Å². The van der Waals surface area contributed by atoms with Gasteiger partial charge in [0.1, 0.15) is 10.5 Å². The minimum Gasteiger partial charge on any atom is -0.342 e. The van der Waals surface area contributed by atoms with Gasteiger partial charge in [-0.2, -0.15) is 13.2 Å². The molecule has 0 aliphatic carbocycles. The zero-order valence-corrected chi connectivity index (χ0v) is 13.5. The van der Waals surface area contributed by atoms with Gasteiger partial charge < -0.3 is 4.98 Å². The van der Waals surface area contributed by atoms with E-state index in [4.69, 9.17) is 12.2 Å².